The molecule has 2 N–H and O–H groups in total. The summed E-state index contributed by atoms with van der Waals surface area (Å²) in [5.41, 5.74) is 1.10. The predicted molar refractivity (Wildman–Crippen MR) is 77.2 cm³/mol. The number of carboxylic acid groups (broad SMARTS) is 1. The topological polar surface area (TPSA) is 66.4 Å². The molecule has 4 nitrogen and oxygen atoms in total. The highest BCUT2D eigenvalue weighted by molar-refractivity contribution is 5.91. The van der Waals surface area contributed by atoms with Crippen molar-refractivity contribution in [1.29, 1.82) is 0 Å². The van der Waals surface area contributed by atoms with Gasteiger partial charge in [-0.3, -0.25) is 9.59 Å². The minimum Gasteiger partial charge on any atom is -0.481 e. The molecule has 0 atom stereocenters. The largest absolute Gasteiger partial charge is 0.481 e. The predicted octanol–water partition coefficient (Wildman–Crippen LogP) is 2.74. The van der Waals surface area contributed by atoms with Gasteiger partial charge in [-0.15, -0.1) is 0 Å². The van der Waals surface area contributed by atoms with Crippen LogP contribution < -0.4 is 5.32 Å². The van der Waals surface area contributed by atoms with Crippen molar-refractivity contribution >= 4 is 11.8 Å². The molecule has 0 bridgehead atoms. The van der Waals surface area contributed by atoms with E-state index in [1.165, 1.54) is 0 Å². The lowest BCUT2D eigenvalue weighted by Gasteiger charge is -2.31. The second kappa shape index (κ2) is 5.98. The lowest BCUT2D eigenvalue weighted by Crippen LogP contribution is -2.32. The van der Waals surface area contributed by atoms with Crippen molar-refractivity contribution in [2.75, 3.05) is 6.54 Å². The van der Waals surface area contributed by atoms with E-state index in [1.807, 2.05) is 0 Å². The molecule has 0 spiro atoms. The fraction of sp³-hybridized carbons (Fsp3) is 0.750. The van der Waals surface area contributed by atoms with E-state index >= 15 is 0 Å². The summed E-state index contributed by atoms with van der Waals surface area (Å²) >= 11 is 0. The van der Waals surface area contributed by atoms with Crippen molar-refractivity contribution in [2.24, 2.45) is 17.3 Å². The third kappa shape index (κ3) is 4.09. The monoisotopic (exact) mass is 279 g/mol. The van der Waals surface area contributed by atoms with Crippen LogP contribution in [0.15, 0.2) is 11.8 Å². The maximum Gasteiger partial charge on any atom is 0.306 e. The van der Waals surface area contributed by atoms with E-state index < -0.39 is 5.97 Å². The minimum absolute atomic E-state index is 0.0507. The highest BCUT2D eigenvalue weighted by Crippen LogP contribution is 2.33. The molecule has 20 heavy (non-hydrogen) atoms. The van der Waals surface area contributed by atoms with Crippen LogP contribution in [-0.2, 0) is 9.59 Å². The van der Waals surface area contributed by atoms with Gasteiger partial charge in [0, 0.05) is 24.7 Å². The molecule has 0 saturated heterocycles. The number of nitrogens with one attached hydrogen (secondary N) is 1. The van der Waals surface area contributed by atoms with Gasteiger partial charge < -0.3 is 10.4 Å². The second-order valence-corrected chi connectivity index (χ2v) is 7.09. The van der Waals surface area contributed by atoms with Crippen molar-refractivity contribution < 1.29 is 14.7 Å². The Morgan fingerprint density at radius 2 is 1.95 bits per heavy atom. The first-order valence-corrected chi connectivity index (χ1v) is 7.56. The van der Waals surface area contributed by atoms with E-state index in [1.54, 1.807) is 6.08 Å². The van der Waals surface area contributed by atoms with Crippen LogP contribution in [0.2, 0.25) is 0 Å². The molecule has 4 heteroatoms. The normalized spacial score (nSPS) is 29.7. The van der Waals surface area contributed by atoms with Crippen LogP contribution in [0.1, 0.15) is 52.4 Å². The maximum absolute atomic E-state index is 11.7. The van der Waals surface area contributed by atoms with E-state index in [-0.39, 0.29) is 17.1 Å². The number of carbonyl (C=O) groups excluding carboxylic acids is 1. The van der Waals surface area contributed by atoms with Gasteiger partial charge in [-0.1, -0.05) is 13.8 Å². The molecule has 0 aliphatic heterocycles. The summed E-state index contributed by atoms with van der Waals surface area (Å²) in [5, 5.41) is 12.4. The first-order chi connectivity index (χ1) is 9.35. The molecule has 0 unspecified atom stereocenters. The summed E-state index contributed by atoms with van der Waals surface area (Å²) in [7, 11) is 0. The molecule has 0 heterocycles. The van der Waals surface area contributed by atoms with Crippen LogP contribution in [0, 0.1) is 17.3 Å². The number of ketones is 1. The SMILES string of the molecule is CC1(C)CC(=O)C=C(NCC2CCC(C(=O)O)CC2)C1. The van der Waals surface area contributed by atoms with Gasteiger partial charge in [0.05, 0.1) is 5.92 Å². The zero-order valence-corrected chi connectivity index (χ0v) is 12.4. The van der Waals surface area contributed by atoms with Crippen LogP contribution in [0.3, 0.4) is 0 Å². The van der Waals surface area contributed by atoms with Gasteiger partial charge in [-0.05, 0) is 43.4 Å². The van der Waals surface area contributed by atoms with Gasteiger partial charge in [-0.2, -0.15) is 0 Å². The lowest BCUT2D eigenvalue weighted by molar-refractivity contribution is -0.143. The van der Waals surface area contributed by atoms with Gasteiger partial charge in [0.15, 0.2) is 5.78 Å². The fourth-order valence-corrected chi connectivity index (χ4v) is 3.35. The van der Waals surface area contributed by atoms with Gasteiger partial charge in [0.25, 0.3) is 0 Å². The van der Waals surface area contributed by atoms with Crippen LogP contribution in [0.5, 0.6) is 0 Å². The molecule has 112 valence electrons. The quantitative estimate of drug-likeness (QED) is 0.830. The van der Waals surface area contributed by atoms with Gasteiger partial charge in [0.1, 0.15) is 0 Å². The summed E-state index contributed by atoms with van der Waals surface area (Å²) in [5.74, 6) is -0.0654. The van der Waals surface area contributed by atoms with E-state index in [0.29, 0.717) is 12.3 Å². The maximum atomic E-state index is 11.7. The number of hydrogen-bond acceptors (Lipinski definition) is 3. The molecule has 0 aromatic carbocycles. The Hall–Kier alpha value is -1.32. The zero-order valence-electron chi connectivity index (χ0n) is 12.4. The lowest BCUT2D eigenvalue weighted by atomic mass is 9.78. The Morgan fingerprint density at radius 1 is 1.30 bits per heavy atom. The van der Waals surface area contributed by atoms with Crippen LogP contribution in [0.4, 0.5) is 0 Å². The molecular weight excluding hydrogens is 254 g/mol. The fourth-order valence-electron chi connectivity index (χ4n) is 3.35. The third-order valence-electron chi connectivity index (χ3n) is 4.47. The van der Waals surface area contributed by atoms with E-state index in [4.69, 9.17) is 5.11 Å². The van der Waals surface area contributed by atoms with Crippen molar-refractivity contribution in [3.05, 3.63) is 11.8 Å². The number of rotatable bonds is 4. The molecular formula is C16H25NO3. The standard InChI is InChI=1S/C16H25NO3/c1-16(2)8-13(7-14(18)9-16)17-10-11-3-5-12(6-4-11)15(19)20/h7,11-12,17H,3-6,8-10H2,1-2H3,(H,19,20). The molecule has 0 radical (unpaired) electrons. The van der Waals surface area contributed by atoms with Crippen LogP contribution >= 0.6 is 0 Å². The van der Waals surface area contributed by atoms with Crippen molar-refractivity contribution in [1.82, 2.24) is 5.32 Å². The Labute approximate surface area is 120 Å². The van der Waals surface area contributed by atoms with E-state index in [0.717, 1.165) is 44.3 Å². The van der Waals surface area contributed by atoms with Crippen molar-refractivity contribution in [2.45, 2.75) is 52.4 Å². The first-order valence-electron chi connectivity index (χ1n) is 7.56. The second-order valence-electron chi connectivity index (χ2n) is 7.09. The highest BCUT2D eigenvalue weighted by atomic mass is 16.4. The van der Waals surface area contributed by atoms with Gasteiger partial charge in [-0.25, -0.2) is 0 Å². The third-order valence-corrected chi connectivity index (χ3v) is 4.47. The highest BCUT2D eigenvalue weighted by Gasteiger charge is 2.29. The van der Waals surface area contributed by atoms with E-state index in [9.17, 15) is 9.59 Å². The summed E-state index contributed by atoms with van der Waals surface area (Å²) in [6.07, 6.45) is 6.79. The molecule has 1 fully saturated rings. The molecule has 2 rings (SSSR count). The Morgan fingerprint density at radius 3 is 2.50 bits per heavy atom. The van der Waals surface area contributed by atoms with Gasteiger partial charge in [0.2, 0.25) is 0 Å². The summed E-state index contributed by atoms with van der Waals surface area (Å²) in [4.78, 5) is 22.6. The molecule has 2 aliphatic carbocycles. The number of allylic oxidation sites excluding steroid dienone is 2. The average Bonchev–Trinajstić information content (AvgIpc) is 2.34. The molecule has 0 amide bonds. The molecule has 2 aliphatic rings. The number of aliphatic carboxylic acids is 1. The number of carboxylic acids is 1. The summed E-state index contributed by atoms with van der Waals surface area (Å²) < 4.78 is 0. The molecule has 0 aromatic rings. The minimum atomic E-state index is -0.654. The zero-order chi connectivity index (χ0) is 14.8. The Bertz CT molecular complexity index is 417. The smallest absolute Gasteiger partial charge is 0.306 e. The summed E-state index contributed by atoms with van der Waals surface area (Å²) in [6.45, 7) is 5.11. The van der Waals surface area contributed by atoms with Crippen LogP contribution in [-0.4, -0.2) is 23.4 Å². The van der Waals surface area contributed by atoms with Crippen molar-refractivity contribution in [3.63, 3.8) is 0 Å². The first kappa shape index (κ1) is 15.1. The molecule has 1 saturated carbocycles. The Balaban J connectivity index is 1.79. The molecule has 0 aromatic heterocycles. The van der Waals surface area contributed by atoms with Crippen LogP contribution in [0.25, 0.3) is 0 Å². The number of carbonyl (C=O) groups is 2. The average molecular weight is 279 g/mol. The van der Waals surface area contributed by atoms with Gasteiger partial charge >= 0.3 is 5.97 Å². The van der Waals surface area contributed by atoms with Crippen molar-refractivity contribution in [3.8, 4) is 0 Å². The Kier molecular flexibility index (Phi) is 4.51. The number of hydrogen-bond donors (Lipinski definition) is 2. The van der Waals surface area contributed by atoms with E-state index in [2.05, 4.69) is 19.2 Å². The summed E-state index contributed by atoms with van der Waals surface area (Å²) in [6, 6.07) is 0.